The fourth-order valence-electron chi connectivity index (χ4n) is 3.46. The third-order valence-corrected chi connectivity index (χ3v) is 4.72. The van der Waals surface area contributed by atoms with E-state index < -0.39 is 17.8 Å². The highest BCUT2D eigenvalue weighted by Gasteiger charge is 2.39. The van der Waals surface area contributed by atoms with E-state index in [9.17, 15) is 14.0 Å². The molecule has 0 radical (unpaired) electrons. The number of halogens is 1. The number of esters is 1. The molecule has 0 aliphatic heterocycles. The fourth-order valence-corrected chi connectivity index (χ4v) is 3.46. The van der Waals surface area contributed by atoms with E-state index in [0.29, 0.717) is 23.3 Å². The molecule has 4 nitrogen and oxygen atoms in total. The van der Waals surface area contributed by atoms with Crippen LogP contribution in [0.15, 0.2) is 54.6 Å². The molecule has 0 saturated carbocycles. The molecule has 0 N–H and O–H groups in total. The first kappa shape index (κ1) is 18.8. The maximum Gasteiger partial charge on any atom is 0.317 e. The number of ketones is 1. The zero-order chi connectivity index (χ0) is 19.4. The van der Waals surface area contributed by atoms with Crippen molar-refractivity contribution in [3.63, 3.8) is 0 Å². The number of hydrogen-bond acceptors (Lipinski definition) is 4. The third kappa shape index (κ3) is 4.08. The summed E-state index contributed by atoms with van der Waals surface area (Å²) in [6, 6.07) is 13.4. The molecule has 140 valence electrons. The lowest BCUT2D eigenvalue weighted by Gasteiger charge is -2.29. The molecule has 3 rings (SSSR count). The SMILES string of the molecule is CCOC(=O)[C@@H]1C(=O)C=C(c2cccc(F)c2)C[C@@H]1c1cccc(OC)c1. The lowest BCUT2D eigenvalue weighted by atomic mass is 9.73. The van der Waals surface area contributed by atoms with Crippen LogP contribution in [0.3, 0.4) is 0 Å². The first-order valence-electron chi connectivity index (χ1n) is 8.84. The molecule has 0 aromatic heterocycles. The van der Waals surface area contributed by atoms with Gasteiger partial charge in [0, 0.05) is 5.92 Å². The minimum atomic E-state index is -0.922. The predicted molar refractivity (Wildman–Crippen MR) is 99.9 cm³/mol. The quantitative estimate of drug-likeness (QED) is 0.588. The fraction of sp³-hybridized carbons (Fsp3) is 0.273. The molecule has 2 aromatic carbocycles. The lowest BCUT2D eigenvalue weighted by Crippen LogP contribution is -2.34. The van der Waals surface area contributed by atoms with E-state index in [-0.39, 0.29) is 18.2 Å². The zero-order valence-electron chi connectivity index (χ0n) is 15.3. The Balaban J connectivity index is 2.04. The van der Waals surface area contributed by atoms with E-state index in [4.69, 9.17) is 9.47 Å². The van der Waals surface area contributed by atoms with Gasteiger partial charge in [-0.15, -0.1) is 0 Å². The van der Waals surface area contributed by atoms with Gasteiger partial charge in [-0.2, -0.15) is 0 Å². The molecule has 0 heterocycles. The minimum Gasteiger partial charge on any atom is -0.497 e. The van der Waals surface area contributed by atoms with Crippen molar-refractivity contribution in [2.75, 3.05) is 13.7 Å². The van der Waals surface area contributed by atoms with Crippen molar-refractivity contribution < 1.29 is 23.5 Å². The lowest BCUT2D eigenvalue weighted by molar-refractivity contribution is -0.151. The number of ether oxygens (including phenoxy) is 2. The highest BCUT2D eigenvalue weighted by atomic mass is 19.1. The van der Waals surface area contributed by atoms with Gasteiger partial charge in [0.1, 0.15) is 17.5 Å². The van der Waals surface area contributed by atoms with Gasteiger partial charge in [-0.3, -0.25) is 9.59 Å². The summed E-state index contributed by atoms with van der Waals surface area (Å²) in [5, 5.41) is 0. The summed E-state index contributed by atoms with van der Waals surface area (Å²) in [5.41, 5.74) is 2.15. The second-order valence-electron chi connectivity index (χ2n) is 6.40. The van der Waals surface area contributed by atoms with E-state index in [0.717, 1.165) is 5.56 Å². The average Bonchev–Trinajstić information content (AvgIpc) is 2.67. The van der Waals surface area contributed by atoms with Crippen LogP contribution in [0.5, 0.6) is 5.75 Å². The van der Waals surface area contributed by atoms with E-state index in [2.05, 4.69) is 0 Å². The summed E-state index contributed by atoms with van der Waals surface area (Å²) in [7, 11) is 1.56. The number of carbonyl (C=O) groups excluding carboxylic acids is 2. The van der Waals surface area contributed by atoms with Crippen LogP contribution in [0.4, 0.5) is 4.39 Å². The molecule has 0 amide bonds. The summed E-state index contributed by atoms with van der Waals surface area (Å²) >= 11 is 0. The van der Waals surface area contributed by atoms with Crippen molar-refractivity contribution in [1.82, 2.24) is 0 Å². The first-order chi connectivity index (χ1) is 13.0. The number of rotatable bonds is 5. The van der Waals surface area contributed by atoms with Crippen LogP contribution in [0.2, 0.25) is 0 Å². The van der Waals surface area contributed by atoms with Crippen LogP contribution in [-0.2, 0) is 14.3 Å². The highest BCUT2D eigenvalue weighted by Crippen LogP contribution is 2.41. The van der Waals surface area contributed by atoms with E-state index in [1.54, 1.807) is 32.2 Å². The molecule has 0 unspecified atom stereocenters. The Morgan fingerprint density at radius 1 is 1.19 bits per heavy atom. The number of methoxy groups -OCH3 is 1. The van der Waals surface area contributed by atoms with Gasteiger partial charge in [-0.05, 0) is 60.4 Å². The second-order valence-corrected chi connectivity index (χ2v) is 6.40. The van der Waals surface area contributed by atoms with Gasteiger partial charge in [0.15, 0.2) is 5.78 Å². The first-order valence-corrected chi connectivity index (χ1v) is 8.84. The molecule has 27 heavy (non-hydrogen) atoms. The summed E-state index contributed by atoms with van der Waals surface area (Å²) < 4.78 is 24.1. The van der Waals surface area contributed by atoms with Gasteiger partial charge < -0.3 is 9.47 Å². The van der Waals surface area contributed by atoms with Gasteiger partial charge in [0.05, 0.1) is 13.7 Å². The Hall–Kier alpha value is -2.95. The van der Waals surface area contributed by atoms with Gasteiger partial charge in [-0.1, -0.05) is 24.3 Å². The van der Waals surface area contributed by atoms with Crippen LogP contribution >= 0.6 is 0 Å². The van der Waals surface area contributed by atoms with Gasteiger partial charge >= 0.3 is 5.97 Å². The van der Waals surface area contributed by atoms with Crippen molar-refractivity contribution in [2.45, 2.75) is 19.3 Å². The topological polar surface area (TPSA) is 52.6 Å². The molecule has 5 heteroatoms. The molecule has 1 aliphatic carbocycles. The van der Waals surface area contributed by atoms with E-state index >= 15 is 0 Å². The molecule has 0 spiro atoms. The molecule has 0 bridgehead atoms. The average molecular weight is 368 g/mol. The summed E-state index contributed by atoms with van der Waals surface area (Å²) in [6.45, 7) is 1.91. The van der Waals surface area contributed by atoms with Gasteiger partial charge in [0.2, 0.25) is 0 Å². The summed E-state index contributed by atoms with van der Waals surface area (Å²) in [5.74, 6) is -1.92. The number of carbonyl (C=O) groups is 2. The van der Waals surface area contributed by atoms with Crippen molar-refractivity contribution in [3.8, 4) is 5.75 Å². The molecular weight excluding hydrogens is 347 g/mol. The normalized spacial score (nSPS) is 19.4. The number of allylic oxidation sites excluding steroid dienone is 2. The van der Waals surface area contributed by atoms with Crippen molar-refractivity contribution >= 4 is 17.3 Å². The molecule has 2 atom stereocenters. The standard InChI is InChI=1S/C22H21FO4/c1-3-27-22(25)21-19(15-7-5-9-18(11-15)26-2)12-16(13-20(21)24)14-6-4-8-17(23)10-14/h4-11,13,19,21H,3,12H2,1-2H3/t19-,21+/m1/s1. The molecule has 1 aliphatic rings. The zero-order valence-corrected chi connectivity index (χ0v) is 15.3. The Morgan fingerprint density at radius 2 is 1.96 bits per heavy atom. The Bertz CT molecular complexity index is 887. The number of benzene rings is 2. The van der Waals surface area contributed by atoms with Crippen LogP contribution < -0.4 is 4.74 Å². The minimum absolute atomic E-state index is 0.202. The second kappa shape index (κ2) is 8.16. The smallest absolute Gasteiger partial charge is 0.317 e. The maximum atomic E-state index is 13.6. The van der Waals surface area contributed by atoms with Gasteiger partial charge in [-0.25, -0.2) is 4.39 Å². The Labute approximate surface area is 157 Å². The van der Waals surface area contributed by atoms with Crippen LogP contribution in [0.25, 0.3) is 5.57 Å². The van der Waals surface area contributed by atoms with Crippen molar-refractivity contribution in [1.29, 1.82) is 0 Å². The maximum absolute atomic E-state index is 13.6. The monoisotopic (exact) mass is 368 g/mol. The summed E-state index contributed by atoms with van der Waals surface area (Å²) in [6.07, 6.45) is 1.86. The molecule has 2 aromatic rings. The predicted octanol–water partition coefficient (Wildman–Crippen LogP) is 4.15. The van der Waals surface area contributed by atoms with Crippen molar-refractivity contribution in [3.05, 3.63) is 71.6 Å². The van der Waals surface area contributed by atoms with Crippen LogP contribution in [-0.4, -0.2) is 25.5 Å². The highest BCUT2D eigenvalue weighted by molar-refractivity contribution is 6.10. The third-order valence-electron chi connectivity index (χ3n) is 4.72. The van der Waals surface area contributed by atoms with Crippen LogP contribution in [0, 0.1) is 11.7 Å². The molecule has 0 saturated heterocycles. The van der Waals surface area contributed by atoms with Crippen molar-refractivity contribution in [2.24, 2.45) is 5.92 Å². The molecule has 0 fully saturated rings. The van der Waals surface area contributed by atoms with E-state index in [1.807, 2.05) is 18.2 Å². The van der Waals surface area contributed by atoms with E-state index in [1.165, 1.54) is 18.2 Å². The summed E-state index contributed by atoms with van der Waals surface area (Å²) in [4.78, 5) is 25.3. The number of hydrogen-bond donors (Lipinski definition) is 0. The largest absolute Gasteiger partial charge is 0.497 e. The Morgan fingerprint density at radius 3 is 2.67 bits per heavy atom. The Kier molecular flexibility index (Phi) is 5.69. The molecular formula is C22H21FO4. The van der Waals surface area contributed by atoms with Crippen LogP contribution in [0.1, 0.15) is 30.4 Å². The van der Waals surface area contributed by atoms with Gasteiger partial charge in [0.25, 0.3) is 0 Å².